The van der Waals surface area contributed by atoms with Gasteiger partial charge in [-0.3, -0.25) is 0 Å². The molecule has 102 valence electrons. The Morgan fingerprint density at radius 3 is 2.84 bits per heavy atom. The van der Waals surface area contributed by atoms with Gasteiger partial charge < -0.3 is 9.64 Å². The summed E-state index contributed by atoms with van der Waals surface area (Å²) in [5.41, 5.74) is 0.854. The van der Waals surface area contributed by atoms with Gasteiger partial charge in [0, 0.05) is 5.25 Å². The first-order valence-electron chi connectivity index (χ1n) is 5.85. The maximum atomic E-state index is 11.8. The molecule has 4 nitrogen and oxygen atoms in total. The van der Waals surface area contributed by atoms with Crippen LogP contribution in [0.4, 0.5) is 5.69 Å². The van der Waals surface area contributed by atoms with Gasteiger partial charge in [0.2, 0.25) is 0 Å². The quantitative estimate of drug-likeness (QED) is 0.774. The monoisotopic (exact) mass is 315 g/mol. The minimum Gasteiger partial charge on any atom is -0.495 e. The van der Waals surface area contributed by atoms with Crippen LogP contribution in [0.15, 0.2) is 24.3 Å². The largest absolute Gasteiger partial charge is 0.495 e. The van der Waals surface area contributed by atoms with E-state index in [1.165, 1.54) is 11.8 Å². The van der Waals surface area contributed by atoms with E-state index in [0.29, 0.717) is 0 Å². The molecule has 0 saturated carbocycles. The molecule has 2 aliphatic rings. The zero-order valence-electron chi connectivity index (χ0n) is 10.3. The number of fused-ring (bicyclic) bond motifs is 1. The van der Waals surface area contributed by atoms with E-state index in [9.17, 15) is 8.42 Å². The van der Waals surface area contributed by atoms with Crippen LogP contribution in [0.2, 0.25) is 0 Å². The van der Waals surface area contributed by atoms with E-state index in [1.54, 1.807) is 7.11 Å². The topological polar surface area (TPSA) is 46.6 Å². The highest BCUT2D eigenvalue weighted by atomic mass is 32.2. The van der Waals surface area contributed by atoms with Crippen LogP contribution < -0.4 is 9.64 Å². The van der Waals surface area contributed by atoms with Crippen molar-refractivity contribution in [2.75, 3.05) is 23.5 Å². The number of methoxy groups -OCH3 is 1. The summed E-state index contributed by atoms with van der Waals surface area (Å²) in [5.74, 6) is 1.10. The molecule has 0 spiro atoms. The molecule has 3 rings (SSSR count). The SMILES string of the molecule is COc1ccccc1N1C(=S)S[C@H]2CS(=O)(=O)C[C@H]21. The van der Waals surface area contributed by atoms with Crippen molar-refractivity contribution < 1.29 is 13.2 Å². The first kappa shape index (κ1) is 13.2. The van der Waals surface area contributed by atoms with Crippen LogP contribution in [-0.4, -0.2) is 42.6 Å². The van der Waals surface area contributed by atoms with Gasteiger partial charge in [0.25, 0.3) is 0 Å². The van der Waals surface area contributed by atoms with E-state index >= 15 is 0 Å². The van der Waals surface area contributed by atoms with Gasteiger partial charge in [0.1, 0.15) is 10.1 Å². The van der Waals surface area contributed by atoms with Crippen molar-refractivity contribution >= 4 is 43.8 Å². The van der Waals surface area contributed by atoms with E-state index in [-0.39, 0.29) is 22.8 Å². The van der Waals surface area contributed by atoms with Crippen LogP contribution in [0.25, 0.3) is 0 Å². The van der Waals surface area contributed by atoms with Gasteiger partial charge in [-0.05, 0) is 12.1 Å². The van der Waals surface area contributed by atoms with E-state index < -0.39 is 9.84 Å². The van der Waals surface area contributed by atoms with Crippen LogP contribution in [0, 0.1) is 0 Å². The highest BCUT2D eigenvalue weighted by Gasteiger charge is 2.49. The molecule has 0 radical (unpaired) electrons. The molecule has 1 aromatic carbocycles. The average Bonchev–Trinajstić information content (AvgIpc) is 2.79. The number of thiocarbonyl (C=S) groups is 1. The Morgan fingerprint density at radius 2 is 2.11 bits per heavy atom. The molecular weight excluding hydrogens is 302 g/mol. The summed E-state index contributed by atoms with van der Waals surface area (Å²) in [6, 6.07) is 7.50. The van der Waals surface area contributed by atoms with Crippen LogP contribution in [0.3, 0.4) is 0 Å². The minimum absolute atomic E-state index is 0.0439. The van der Waals surface area contributed by atoms with Gasteiger partial charge in [0.05, 0.1) is 30.3 Å². The first-order chi connectivity index (χ1) is 9.02. The standard InChI is InChI=1S/C12H13NO3S3/c1-16-10-5-3-2-4-8(10)13-9-6-19(14,15)7-11(9)18-12(13)17/h2-5,9,11H,6-7H2,1H3/t9-,11+/m1/s1. The van der Waals surface area contributed by atoms with Gasteiger partial charge in [-0.2, -0.15) is 0 Å². The third kappa shape index (κ3) is 2.23. The summed E-state index contributed by atoms with van der Waals surface area (Å²) in [6.07, 6.45) is 0. The van der Waals surface area contributed by atoms with Crippen molar-refractivity contribution in [1.29, 1.82) is 0 Å². The molecule has 0 N–H and O–H groups in total. The van der Waals surface area contributed by atoms with Gasteiger partial charge in [0.15, 0.2) is 9.84 Å². The zero-order valence-corrected chi connectivity index (χ0v) is 12.7. The number of benzene rings is 1. The van der Waals surface area contributed by atoms with Gasteiger partial charge in [-0.1, -0.05) is 36.1 Å². The number of sulfone groups is 1. The third-order valence-electron chi connectivity index (χ3n) is 3.40. The van der Waals surface area contributed by atoms with Crippen molar-refractivity contribution in [2.24, 2.45) is 0 Å². The Bertz CT molecular complexity index is 629. The number of thioether (sulfide) groups is 1. The number of hydrogen-bond donors (Lipinski definition) is 0. The number of hydrogen-bond acceptors (Lipinski definition) is 5. The molecule has 1 aromatic rings. The second-order valence-electron chi connectivity index (χ2n) is 4.61. The molecule has 2 fully saturated rings. The molecule has 0 amide bonds. The predicted molar refractivity (Wildman–Crippen MR) is 81.9 cm³/mol. The van der Waals surface area contributed by atoms with Gasteiger partial charge >= 0.3 is 0 Å². The lowest BCUT2D eigenvalue weighted by Gasteiger charge is -2.25. The number of nitrogens with zero attached hydrogens (tertiary/aromatic N) is 1. The van der Waals surface area contributed by atoms with E-state index in [1.807, 2.05) is 29.2 Å². The van der Waals surface area contributed by atoms with Crippen LogP contribution in [0.1, 0.15) is 0 Å². The summed E-state index contributed by atoms with van der Waals surface area (Å²) < 4.78 is 29.6. The number of anilines is 1. The predicted octanol–water partition coefficient (Wildman–Crippen LogP) is 1.70. The Kier molecular flexibility index (Phi) is 3.23. The lowest BCUT2D eigenvalue weighted by atomic mass is 10.2. The molecule has 2 aliphatic heterocycles. The average molecular weight is 315 g/mol. The summed E-state index contributed by atoms with van der Waals surface area (Å²) in [7, 11) is -1.35. The second kappa shape index (κ2) is 4.64. The van der Waals surface area contributed by atoms with E-state index in [4.69, 9.17) is 17.0 Å². The summed E-state index contributed by atoms with van der Waals surface area (Å²) in [6.45, 7) is 0. The zero-order chi connectivity index (χ0) is 13.6. The van der Waals surface area contributed by atoms with Crippen LogP contribution in [0.5, 0.6) is 5.75 Å². The van der Waals surface area contributed by atoms with Crippen LogP contribution in [-0.2, 0) is 9.84 Å². The Hall–Kier alpha value is -0.790. The second-order valence-corrected chi connectivity index (χ2v) is 8.64. The Labute approximate surface area is 122 Å². The lowest BCUT2D eigenvalue weighted by molar-refractivity contribution is 0.415. The lowest BCUT2D eigenvalue weighted by Crippen LogP contribution is -2.36. The van der Waals surface area contributed by atoms with E-state index in [0.717, 1.165) is 15.8 Å². The first-order valence-corrected chi connectivity index (χ1v) is 8.96. The van der Waals surface area contributed by atoms with Crippen molar-refractivity contribution in [3.8, 4) is 5.75 Å². The van der Waals surface area contributed by atoms with Gasteiger partial charge in [-0.25, -0.2) is 8.42 Å². The van der Waals surface area contributed by atoms with Crippen LogP contribution >= 0.6 is 24.0 Å². The molecule has 2 saturated heterocycles. The molecule has 0 aliphatic carbocycles. The molecule has 0 unspecified atom stereocenters. The van der Waals surface area contributed by atoms with Crippen molar-refractivity contribution in [1.82, 2.24) is 0 Å². The number of ether oxygens (including phenoxy) is 1. The highest BCUT2D eigenvalue weighted by Crippen LogP contribution is 2.43. The van der Waals surface area contributed by atoms with Crippen molar-refractivity contribution in [3.05, 3.63) is 24.3 Å². The third-order valence-corrected chi connectivity index (χ3v) is 6.99. The maximum Gasteiger partial charge on any atom is 0.153 e. The van der Waals surface area contributed by atoms with Gasteiger partial charge in [-0.15, -0.1) is 0 Å². The molecule has 7 heteroatoms. The minimum atomic E-state index is -2.95. The fraction of sp³-hybridized carbons (Fsp3) is 0.417. The molecule has 0 bridgehead atoms. The normalized spacial score (nSPS) is 28.5. The molecule has 2 atom stereocenters. The smallest absolute Gasteiger partial charge is 0.153 e. The van der Waals surface area contributed by atoms with Crippen molar-refractivity contribution in [2.45, 2.75) is 11.3 Å². The number of rotatable bonds is 2. The maximum absolute atomic E-state index is 11.8. The summed E-state index contributed by atoms with van der Waals surface area (Å²) in [5, 5.41) is 0.0439. The Morgan fingerprint density at radius 1 is 1.37 bits per heavy atom. The summed E-state index contributed by atoms with van der Waals surface area (Å²) >= 11 is 6.88. The fourth-order valence-electron chi connectivity index (χ4n) is 2.58. The molecular formula is C12H13NO3S3. The molecule has 0 aromatic heterocycles. The fourth-order valence-corrected chi connectivity index (χ4v) is 6.94. The Balaban J connectivity index is 2.02. The molecule has 19 heavy (non-hydrogen) atoms. The van der Waals surface area contributed by atoms with Crippen molar-refractivity contribution in [3.63, 3.8) is 0 Å². The number of para-hydroxylation sites is 2. The summed E-state index contributed by atoms with van der Waals surface area (Å²) in [4.78, 5) is 1.94. The van der Waals surface area contributed by atoms with E-state index in [2.05, 4.69) is 0 Å². The molecule has 2 heterocycles. The highest BCUT2D eigenvalue weighted by molar-refractivity contribution is 8.24.